The molecule has 0 aromatic carbocycles. The molecule has 0 saturated carbocycles. The topological polar surface area (TPSA) is 85.0 Å². The Bertz CT molecular complexity index is 612. The monoisotopic (exact) mass is 289 g/mol. The lowest BCUT2D eigenvalue weighted by Crippen LogP contribution is -2.32. The van der Waals surface area contributed by atoms with E-state index in [0.717, 1.165) is 25.9 Å². The Balaban J connectivity index is 1.65. The summed E-state index contributed by atoms with van der Waals surface area (Å²) in [5.74, 6) is 0.874. The van der Waals surface area contributed by atoms with Gasteiger partial charge in [-0.15, -0.1) is 0 Å². The number of aryl methyl sites for hydroxylation is 1. The highest BCUT2D eigenvalue weighted by Gasteiger charge is 2.20. The third-order valence-corrected chi connectivity index (χ3v) is 3.69. The molecule has 1 saturated heterocycles. The van der Waals surface area contributed by atoms with Gasteiger partial charge in [0.15, 0.2) is 5.82 Å². The van der Waals surface area contributed by atoms with E-state index in [-0.39, 0.29) is 12.5 Å². The average molecular weight is 289 g/mol. The number of rotatable bonds is 4. The van der Waals surface area contributed by atoms with E-state index in [1.54, 1.807) is 6.92 Å². The second-order valence-electron chi connectivity index (χ2n) is 5.19. The number of nitrogens with one attached hydrogen (secondary N) is 2. The molecule has 112 valence electrons. The van der Waals surface area contributed by atoms with E-state index in [1.807, 2.05) is 18.3 Å². The number of hydrogen-bond donors (Lipinski definition) is 2. The first-order valence-corrected chi connectivity index (χ1v) is 7.19. The van der Waals surface area contributed by atoms with Gasteiger partial charge in [0.2, 0.25) is 5.89 Å². The standard InChI is InChI=1S/C14H19N5O2/c1-10-17-13(18-21-10)9-16-14(20)12-3-2-8-19(12)11-4-6-15-7-5-11/h2-3,8,11,15H,4-7,9H2,1H3,(H,16,20). The third-order valence-electron chi connectivity index (χ3n) is 3.69. The van der Waals surface area contributed by atoms with E-state index in [9.17, 15) is 4.79 Å². The Kier molecular flexibility index (Phi) is 4.01. The zero-order valence-corrected chi connectivity index (χ0v) is 12.0. The maximum atomic E-state index is 12.3. The lowest BCUT2D eigenvalue weighted by Gasteiger charge is -2.25. The number of hydrogen-bond acceptors (Lipinski definition) is 5. The Labute approximate surface area is 122 Å². The van der Waals surface area contributed by atoms with Gasteiger partial charge in [-0.1, -0.05) is 5.16 Å². The molecular weight excluding hydrogens is 270 g/mol. The molecule has 7 nitrogen and oxygen atoms in total. The largest absolute Gasteiger partial charge is 0.343 e. The zero-order chi connectivity index (χ0) is 14.7. The fraction of sp³-hybridized carbons (Fsp3) is 0.500. The van der Waals surface area contributed by atoms with Crippen molar-refractivity contribution in [2.24, 2.45) is 0 Å². The molecule has 0 aliphatic carbocycles. The van der Waals surface area contributed by atoms with Crippen LogP contribution in [0.1, 0.15) is 41.1 Å². The average Bonchev–Trinajstić information content (AvgIpc) is 3.14. The minimum atomic E-state index is -0.110. The Morgan fingerprint density at radius 3 is 3.05 bits per heavy atom. The fourth-order valence-corrected chi connectivity index (χ4v) is 2.65. The summed E-state index contributed by atoms with van der Waals surface area (Å²) in [5, 5.41) is 9.93. The van der Waals surface area contributed by atoms with Crippen LogP contribution in [0.2, 0.25) is 0 Å². The molecule has 2 aromatic rings. The molecule has 0 spiro atoms. The molecule has 21 heavy (non-hydrogen) atoms. The maximum absolute atomic E-state index is 12.3. The first-order valence-electron chi connectivity index (χ1n) is 7.19. The summed E-state index contributed by atoms with van der Waals surface area (Å²) < 4.78 is 6.95. The molecule has 1 aliphatic heterocycles. The summed E-state index contributed by atoms with van der Waals surface area (Å²) in [6.45, 7) is 3.98. The number of nitrogens with zero attached hydrogens (tertiary/aromatic N) is 3. The first-order chi connectivity index (χ1) is 10.2. The molecule has 7 heteroatoms. The van der Waals surface area contributed by atoms with Crippen molar-refractivity contribution < 1.29 is 9.32 Å². The van der Waals surface area contributed by atoms with Crippen LogP contribution in [0.25, 0.3) is 0 Å². The summed E-state index contributed by atoms with van der Waals surface area (Å²) >= 11 is 0. The molecule has 1 aliphatic rings. The van der Waals surface area contributed by atoms with Gasteiger partial charge in [-0.25, -0.2) is 0 Å². The Hall–Kier alpha value is -2.15. The normalized spacial score (nSPS) is 16.0. The Morgan fingerprint density at radius 2 is 2.33 bits per heavy atom. The van der Waals surface area contributed by atoms with Crippen LogP contribution in [0.15, 0.2) is 22.9 Å². The second-order valence-corrected chi connectivity index (χ2v) is 5.19. The van der Waals surface area contributed by atoms with E-state index in [4.69, 9.17) is 4.52 Å². The van der Waals surface area contributed by atoms with Crippen molar-refractivity contribution in [3.05, 3.63) is 35.7 Å². The van der Waals surface area contributed by atoms with Crippen LogP contribution in [0.4, 0.5) is 0 Å². The van der Waals surface area contributed by atoms with Crippen LogP contribution in [0.5, 0.6) is 0 Å². The van der Waals surface area contributed by atoms with Crippen molar-refractivity contribution in [3.8, 4) is 0 Å². The molecule has 1 fully saturated rings. The van der Waals surface area contributed by atoms with E-state index < -0.39 is 0 Å². The smallest absolute Gasteiger partial charge is 0.268 e. The van der Waals surface area contributed by atoms with Crippen molar-refractivity contribution >= 4 is 5.91 Å². The zero-order valence-electron chi connectivity index (χ0n) is 12.0. The number of amides is 1. The molecule has 0 unspecified atom stereocenters. The lowest BCUT2D eigenvalue weighted by molar-refractivity contribution is 0.0936. The fourth-order valence-electron chi connectivity index (χ4n) is 2.65. The van der Waals surface area contributed by atoms with E-state index in [1.165, 1.54) is 0 Å². The van der Waals surface area contributed by atoms with Crippen molar-refractivity contribution in [3.63, 3.8) is 0 Å². The van der Waals surface area contributed by atoms with Crippen LogP contribution in [-0.2, 0) is 6.54 Å². The number of piperidine rings is 1. The molecule has 1 amide bonds. The van der Waals surface area contributed by atoms with Crippen LogP contribution in [0, 0.1) is 6.92 Å². The summed E-state index contributed by atoms with van der Waals surface area (Å²) in [6, 6.07) is 4.14. The number of carbonyl (C=O) groups excluding carboxylic acids is 1. The summed E-state index contributed by atoms with van der Waals surface area (Å²) in [7, 11) is 0. The van der Waals surface area contributed by atoms with Crippen molar-refractivity contribution in [1.82, 2.24) is 25.3 Å². The number of carbonyl (C=O) groups is 1. The predicted octanol–water partition coefficient (Wildman–Crippen LogP) is 1.03. The van der Waals surface area contributed by atoms with Crippen molar-refractivity contribution in [2.45, 2.75) is 32.4 Å². The quantitative estimate of drug-likeness (QED) is 0.878. The van der Waals surface area contributed by atoms with Gasteiger partial charge in [-0.05, 0) is 38.1 Å². The van der Waals surface area contributed by atoms with Crippen LogP contribution in [0.3, 0.4) is 0 Å². The molecule has 0 radical (unpaired) electrons. The minimum absolute atomic E-state index is 0.110. The van der Waals surface area contributed by atoms with Gasteiger partial charge in [0, 0.05) is 19.2 Å². The third kappa shape index (κ3) is 3.13. The summed E-state index contributed by atoms with van der Waals surface area (Å²) in [5.41, 5.74) is 0.683. The van der Waals surface area contributed by atoms with Gasteiger partial charge >= 0.3 is 0 Å². The SMILES string of the molecule is Cc1nc(CNC(=O)c2cccn2C2CCNCC2)no1. The molecule has 2 N–H and O–H groups in total. The predicted molar refractivity (Wildman–Crippen MR) is 75.8 cm³/mol. The maximum Gasteiger partial charge on any atom is 0.268 e. The molecule has 0 atom stereocenters. The van der Waals surface area contributed by atoms with Gasteiger partial charge in [-0.3, -0.25) is 4.79 Å². The van der Waals surface area contributed by atoms with E-state index >= 15 is 0 Å². The molecular formula is C14H19N5O2. The van der Waals surface area contributed by atoms with Gasteiger partial charge in [0.25, 0.3) is 5.91 Å². The highest BCUT2D eigenvalue weighted by molar-refractivity contribution is 5.92. The first kappa shape index (κ1) is 13.8. The summed E-state index contributed by atoms with van der Waals surface area (Å²) in [6.07, 6.45) is 4.06. The molecule has 2 aromatic heterocycles. The lowest BCUT2D eigenvalue weighted by atomic mass is 10.1. The molecule has 0 bridgehead atoms. The van der Waals surface area contributed by atoms with E-state index in [0.29, 0.717) is 23.5 Å². The number of aromatic nitrogens is 3. The van der Waals surface area contributed by atoms with Crippen molar-refractivity contribution in [2.75, 3.05) is 13.1 Å². The minimum Gasteiger partial charge on any atom is -0.343 e. The van der Waals surface area contributed by atoms with Gasteiger partial charge in [-0.2, -0.15) is 4.98 Å². The van der Waals surface area contributed by atoms with Crippen LogP contribution in [-0.4, -0.2) is 33.7 Å². The highest BCUT2D eigenvalue weighted by Crippen LogP contribution is 2.21. The second kappa shape index (κ2) is 6.09. The Morgan fingerprint density at radius 1 is 1.52 bits per heavy atom. The van der Waals surface area contributed by atoms with Crippen molar-refractivity contribution in [1.29, 1.82) is 0 Å². The summed E-state index contributed by atoms with van der Waals surface area (Å²) in [4.78, 5) is 16.4. The highest BCUT2D eigenvalue weighted by atomic mass is 16.5. The van der Waals surface area contributed by atoms with E-state index in [2.05, 4.69) is 25.3 Å². The van der Waals surface area contributed by atoms with Gasteiger partial charge < -0.3 is 19.7 Å². The van der Waals surface area contributed by atoms with Gasteiger partial charge in [0.05, 0.1) is 6.54 Å². The van der Waals surface area contributed by atoms with Gasteiger partial charge in [0.1, 0.15) is 5.69 Å². The van der Waals surface area contributed by atoms with Crippen LogP contribution >= 0.6 is 0 Å². The molecule has 3 heterocycles. The molecule has 3 rings (SSSR count). The van der Waals surface area contributed by atoms with Crippen LogP contribution < -0.4 is 10.6 Å².